The quantitative estimate of drug-likeness (QED) is 0.151. The zero-order valence-corrected chi connectivity index (χ0v) is 20.2. The second kappa shape index (κ2) is 13.4. The molecule has 0 amide bonds. The van der Waals surface area contributed by atoms with Crippen LogP contribution in [0.1, 0.15) is 30.5 Å². The Bertz CT molecular complexity index is 1200. The van der Waals surface area contributed by atoms with Crippen LogP contribution in [0.2, 0.25) is 0 Å². The van der Waals surface area contributed by atoms with E-state index in [2.05, 4.69) is 10.9 Å². The van der Waals surface area contributed by atoms with Crippen LogP contribution in [0.5, 0.6) is 11.5 Å². The van der Waals surface area contributed by atoms with Crippen molar-refractivity contribution < 1.29 is 19.0 Å². The first-order valence-electron chi connectivity index (χ1n) is 11.4. The summed E-state index contributed by atoms with van der Waals surface area (Å²) in [6.07, 6.45) is 5.42. The van der Waals surface area contributed by atoms with Crippen LogP contribution in [0.4, 0.5) is 0 Å². The highest BCUT2D eigenvalue weighted by Crippen LogP contribution is 2.33. The van der Waals surface area contributed by atoms with Crippen LogP contribution < -0.4 is 9.47 Å². The van der Waals surface area contributed by atoms with E-state index in [1.54, 1.807) is 26.2 Å². The number of ether oxygens (including phenoxy) is 3. The van der Waals surface area contributed by atoms with Gasteiger partial charge in [-0.15, -0.1) is 0 Å². The summed E-state index contributed by atoms with van der Waals surface area (Å²) >= 11 is 0. The number of rotatable bonds is 10. The Labute approximate surface area is 206 Å². The lowest BCUT2D eigenvalue weighted by molar-refractivity contribution is -0.138. The fourth-order valence-electron chi connectivity index (χ4n) is 3.30. The molecule has 178 valence electrons. The maximum Gasteiger partial charge on any atom is 0.357 e. The summed E-state index contributed by atoms with van der Waals surface area (Å²) in [7, 11) is 1.57. The third-order valence-corrected chi connectivity index (χ3v) is 4.98. The van der Waals surface area contributed by atoms with E-state index in [1.165, 1.54) is 0 Å². The molecule has 3 aromatic carbocycles. The van der Waals surface area contributed by atoms with Gasteiger partial charge >= 0.3 is 5.97 Å². The third kappa shape index (κ3) is 7.07. The van der Waals surface area contributed by atoms with Gasteiger partial charge in [-0.25, -0.2) is 4.79 Å². The van der Waals surface area contributed by atoms with E-state index in [-0.39, 0.29) is 12.3 Å². The second-order valence-corrected chi connectivity index (χ2v) is 7.34. The number of hydrogen-bond acceptors (Lipinski definition) is 5. The van der Waals surface area contributed by atoms with Crippen LogP contribution >= 0.6 is 0 Å². The minimum absolute atomic E-state index is 0.0975. The SMILES string of the molecule is C/C=C/COc1c(/C=C(\N=C=C(c2ccccc2)c2ccccc2)C(=O)OCC)cccc1OC. The standard InChI is InChI=1S/C30H29NO4/c1-4-6-20-35-29-25(18-13-19-28(29)33-3)21-27(30(32)34-5-2)31-22-26(23-14-9-7-10-15-23)24-16-11-8-12-17-24/h4,6-19,21H,5,20H2,1-3H3/b6-4+,27-21-. The molecule has 0 aliphatic carbocycles. The van der Waals surface area contributed by atoms with Gasteiger partial charge in [-0.05, 0) is 43.0 Å². The van der Waals surface area contributed by atoms with Crippen molar-refractivity contribution in [2.24, 2.45) is 4.99 Å². The molecular weight excluding hydrogens is 438 g/mol. The molecule has 0 aliphatic rings. The van der Waals surface area contributed by atoms with Crippen molar-refractivity contribution in [2.75, 3.05) is 20.3 Å². The summed E-state index contributed by atoms with van der Waals surface area (Å²) < 4.78 is 16.7. The van der Waals surface area contributed by atoms with E-state index in [9.17, 15) is 4.79 Å². The summed E-state index contributed by atoms with van der Waals surface area (Å²) in [5.41, 5.74) is 3.37. The van der Waals surface area contributed by atoms with Gasteiger partial charge in [0, 0.05) is 5.56 Å². The van der Waals surface area contributed by atoms with E-state index >= 15 is 0 Å². The van der Waals surface area contributed by atoms with Gasteiger partial charge in [0.2, 0.25) is 0 Å². The Kier molecular flexibility index (Phi) is 9.67. The lowest BCUT2D eigenvalue weighted by Crippen LogP contribution is -2.06. The van der Waals surface area contributed by atoms with Gasteiger partial charge in [0.05, 0.1) is 19.3 Å². The number of para-hydroxylation sites is 1. The molecule has 0 atom stereocenters. The fourth-order valence-corrected chi connectivity index (χ4v) is 3.30. The van der Waals surface area contributed by atoms with Gasteiger partial charge in [0.1, 0.15) is 6.61 Å². The lowest BCUT2D eigenvalue weighted by atomic mass is 9.99. The van der Waals surface area contributed by atoms with Crippen molar-refractivity contribution in [2.45, 2.75) is 13.8 Å². The van der Waals surface area contributed by atoms with E-state index < -0.39 is 5.97 Å². The first kappa shape index (κ1) is 25.3. The molecule has 0 unspecified atom stereocenters. The molecule has 5 nitrogen and oxygen atoms in total. The van der Waals surface area contributed by atoms with E-state index in [1.807, 2.05) is 91.9 Å². The molecular formula is C30H29NO4. The molecule has 0 aliphatic heterocycles. The average Bonchev–Trinajstić information content (AvgIpc) is 2.90. The molecule has 3 aromatic rings. The highest BCUT2D eigenvalue weighted by atomic mass is 16.5. The zero-order chi connectivity index (χ0) is 24.9. The van der Waals surface area contributed by atoms with Gasteiger partial charge in [-0.3, -0.25) is 0 Å². The van der Waals surface area contributed by atoms with Crippen molar-refractivity contribution in [3.63, 3.8) is 0 Å². The van der Waals surface area contributed by atoms with Crippen LogP contribution in [-0.2, 0) is 9.53 Å². The number of aliphatic imine (C=N–C) groups is 1. The van der Waals surface area contributed by atoms with Gasteiger partial charge in [0.25, 0.3) is 0 Å². The van der Waals surface area contributed by atoms with Crippen LogP contribution in [0, 0.1) is 0 Å². The number of methoxy groups -OCH3 is 1. The van der Waals surface area contributed by atoms with Crippen molar-refractivity contribution in [3.8, 4) is 11.5 Å². The molecule has 3 rings (SSSR count). The fraction of sp³-hybridized carbons (Fsp3) is 0.167. The Morgan fingerprint density at radius 3 is 2.17 bits per heavy atom. The minimum Gasteiger partial charge on any atom is -0.493 e. The molecule has 5 heteroatoms. The smallest absolute Gasteiger partial charge is 0.357 e. The molecule has 0 bridgehead atoms. The predicted octanol–water partition coefficient (Wildman–Crippen LogP) is 6.36. The second-order valence-electron chi connectivity index (χ2n) is 7.34. The molecule has 0 heterocycles. The highest BCUT2D eigenvalue weighted by Gasteiger charge is 2.15. The van der Waals surface area contributed by atoms with E-state index in [0.29, 0.717) is 23.7 Å². The summed E-state index contributed by atoms with van der Waals surface area (Å²) in [4.78, 5) is 17.3. The number of nitrogens with zero attached hydrogens (tertiary/aromatic N) is 1. The monoisotopic (exact) mass is 467 g/mol. The van der Waals surface area contributed by atoms with Gasteiger partial charge in [-0.1, -0.05) is 84.9 Å². The number of carbonyl (C=O) groups is 1. The molecule has 0 radical (unpaired) electrons. The molecule has 0 saturated heterocycles. The van der Waals surface area contributed by atoms with Crippen molar-refractivity contribution in [1.82, 2.24) is 0 Å². The first-order chi connectivity index (χ1) is 17.2. The third-order valence-electron chi connectivity index (χ3n) is 4.98. The van der Waals surface area contributed by atoms with E-state index in [0.717, 1.165) is 16.7 Å². The molecule has 0 saturated carbocycles. The Balaban J connectivity index is 2.17. The summed E-state index contributed by atoms with van der Waals surface area (Å²) in [5.74, 6) is 3.62. The number of esters is 1. The number of carbonyl (C=O) groups excluding carboxylic acids is 1. The molecule has 0 N–H and O–H groups in total. The van der Waals surface area contributed by atoms with Crippen LogP contribution in [0.3, 0.4) is 0 Å². The van der Waals surface area contributed by atoms with Gasteiger partial charge in [-0.2, -0.15) is 4.99 Å². The van der Waals surface area contributed by atoms with Gasteiger partial charge < -0.3 is 14.2 Å². The largest absolute Gasteiger partial charge is 0.493 e. The normalized spacial score (nSPS) is 11.0. The van der Waals surface area contributed by atoms with Crippen LogP contribution in [0.15, 0.2) is 102 Å². The van der Waals surface area contributed by atoms with Gasteiger partial charge in [0.15, 0.2) is 17.2 Å². The number of hydrogen-bond donors (Lipinski definition) is 0. The molecule has 0 aromatic heterocycles. The van der Waals surface area contributed by atoms with E-state index in [4.69, 9.17) is 14.2 Å². The molecule has 35 heavy (non-hydrogen) atoms. The zero-order valence-electron chi connectivity index (χ0n) is 20.2. The maximum atomic E-state index is 12.8. The van der Waals surface area contributed by atoms with Crippen LogP contribution in [0.25, 0.3) is 11.6 Å². The highest BCUT2D eigenvalue weighted by molar-refractivity contribution is 6.02. The Morgan fingerprint density at radius 2 is 1.60 bits per heavy atom. The Morgan fingerprint density at radius 1 is 0.943 bits per heavy atom. The first-order valence-corrected chi connectivity index (χ1v) is 11.4. The lowest BCUT2D eigenvalue weighted by Gasteiger charge is -2.12. The summed E-state index contributed by atoms with van der Waals surface area (Å²) in [6, 6.07) is 25.1. The van der Waals surface area contributed by atoms with Crippen molar-refractivity contribution in [1.29, 1.82) is 0 Å². The minimum atomic E-state index is -0.553. The Hall–Kier alpha value is -4.34. The maximum absolute atomic E-state index is 12.8. The topological polar surface area (TPSA) is 57.1 Å². The molecule has 0 fully saturated rings. The van der Waals surface area contributed by atoms with Crippen LogP contribution in [-0.4, -0.2) is 32.2 Å². The summed E-state index contributed by atoms with van der Waals surface area (Å²) in [6.45, 7) is 4.26. The summed E-state index contributed by atoms with van der Waals surface area (Å²) in [5, 5.41) is 0. The number of benzene rings is 3. The average molecular weight is 468 g/mol. The van der Waals surface area contributed by atoms with Crippen molar-refractivity contribution >= 4 is 23.5 Å². The number of allylic oxidation sites excluding steroid dienone is 1. The predicted molar refractivity (Wildman–Crippen MR) is 141 cm³/mol. The van der Waals surface area contributed by atoms with Crippen molar-refractivity contribution in [3.05, 3.63) is 113 Å². The molecule has 0 spiro atoms.